The quantitative estimate of drug-likeness (QED) is 0.504. The van der Waals surface area contributed by atoms with Gasteiger partial charge in [0.25, 0.3) is 0 Å². The standard InChI is InChI=1S/C17H23FO3/c1-2-3-4-5-6-7-10-21-16-12-14(8-9-17(19)20)11-15(18)13-16/h8-9,11-13H,2-7,10H2,1H3,(H,19,20)/b9-8+. The molecule has 0 amide bonds. The van der Waals surface area contributed by atoms with Gasteiger partial charge in [0.15, 0.2) is 0 Å². The number of carboxylic acids is 1. The van der Waals surface area contributed by atoms with Gasteiger partial charge in [0.1, 0.15) is 11.6 Å². The molecule has 0 aromatic heterocycles. The van der Waals surface area contributed by atoms with Gasteiger partial charge < -0.3 is 9.84 Å². The normalized spacial score (nSPS) is 11.0. The van der Waals surface area contributed by atoms with Gasteiger partial charge in [0, 0.05) is 12.1 Å². The topological polar surface area (TPSA) is 46.5 Å². The van der Waals surface area contributed by atoms with E-state index in [0.717, 1.165) is 18.9 Å². The summed E-state index contributed by atoms with van der Waals surface area (Å²) in [6, 6.07) is 4.23. The third kappa shape index (κ3) is 8.12. The molecule has 0 aliphatic rings. The van der Waals surface area contributed by atoms with E-state index < -0.39 is 11.8 Å². The van der Waals surface area contributed by atoms with Crippen LogP contribution in [0.4, 0.5) is 4.39 Å². The number of hydrogen-bond donors (Lipinski definition) is 1. The molecule has 21 heavy (non-hydrogen) atoms. The second-order valence-electron chi connectivity index (χ2n) is 5.01. The van der Waals surface area contributed by atoms with E-state index in [1.807, 2.05) is 0 Å². The highest BCUT2D eigenvalue weighted by Gasteiger charge is 2.01. The fourth-order valence-corrected chi connectivity index (χ4v) is 2.00. The summed E-state index contributed by atoms with van der Waals surface area (Å²) in [5.41, 5.74) is 0.482. The maximum absolute atomic E-state index is 13.4. The molecule has 0 spiro atoms. The maximum atomic E-state index is 13.4. The highest BCUT2D eigenvalue weighted by molar-refractivity contribution is 5.85. The number of halogens is 1. The van der Waals surface area contributed by atoms with Gasteiger partial charge in [-0.3, -0.25) is 0 Å². The van der Waals surface area contributed by atoms with Gasteiger partial charge in [-0.25, -0.2) is 9.18 Å². The smallest absolute Gasteiger partial charge is 0.328 e. The summed E-state index contributed by atoms with van der Waals surface area (Å²) in [6.45, 7) is 2.74. The Morgan fingerprint density at radius 2 is 1.90 bits per heavy atom. The van der Waals surface area contributed by atoms with Gasteiger partial charge in [0.2, 0.25) is 0 Å². The molecule has 4 heteroatoms. The van der Waals surface area contributed by atoms with Crippen molar-refractivity contribution in [1.82, 2.24) is 0 Å². The summed E-state index contributed by atoms with van der Waals surface area (Å²) in [5, 5.41) is 8.56. The Bertz CT molecular complexity index is 469. The van der Waals surface area contributed by atoms with Crippen molar-refractivity contribution in [3.63, 3.8) is 0 Å². The fourth-order valence-electron chi connectivity index (χ4n) is 2.00. The average Bonchev–Trinajstić information content (AvgIpc) is 2.44. The van der Waals surface area contributed by atoms with Crippen molar-refractivity contribution in [2.45, 2.75) is 45.4 Å². The summed E-state index contributed by atoms with van der Waals surface area (Å²) in [7, 11) is 0. The first-order valence-corrected chi connectivity index (χ1v) is 7.46. The Morgan fingerprint density at radius 3 is 2.62 bits per heavy atom. The Labute approximate surface area is 125 Å². The molecule has 3 nitrogen and oxygen atoms in total. The molecule has 0 radical (unpaired) electrons. The number of aliphatic carboxylic acids is 1. The summed E-state index contributed by atoms with van der Waals surface area (Å²) in [6.07, 6.45) is 9.33. The Balaban J connectivity index is 2.39. The van der Waals surface area contributed by atoms with E-state index in [9.17, 15) is 9.18 Å². The number of benzene rings is 1. The zero-order valence-corrected chi connectivity index (χ0v) is 12.5. The van der Waals surface area contributed by atoms with Crippen molar-refractivity contribution in [3.05, 3.63) is 35.7 Å². The molecule has 0 heterocycles. The van der Waals surface area contributed by atoms with Crippen molar-refractivity contribution < 1.29 is 19.0 Å². The molecule has 1 aromatic carbocycles. The van der Waals surface area contributed by atoms with E-state index in [-0.39, 0.29) is 0 Å². The van der Waals surface area contributed by atoms with Crippen LogP contribution in [0.2, 0.25) is 0 Å². The van der Waals surface area contributed by atoms with E-state index in [2.05, 4.69) is 6.92 Å². The lowest BCUT2D eigenvalue weighted by Gasteiger charge is -2.07. The van der Waals surface area contributed by atoms with Crippen LogP contribution in [0.3, 0.4) is 0 Å². The number of hydrogen-bond acceptors (Lipinski definition) is 2. The molecule has 0 aliphatic heterocycles. The summed E-state index contributed by atoms with van der Waals surface area (Å²) < 4.78 is 18.9. The molecule has 1 rings (SSSR count). The van der Waals surface area contributed by atoms with Gasteiger partial charge in [-0.2, -0.15) is 0 Å². The van der Waals surface area contributed by atoms with Crippen molar-refractivity contribution in [1.29, 1.82) is 0 Å². The van der Waals surface area contributed by atoms with Crippen LogP contribution in [0.15, 0.2) is 24.3 Å². The number of ether oxygens (including phenoxy) is 1. The average molecular weight is 294 g/mol. The van der Waals surface area contributed by atoms with Crippen LogP contribution in [0.25, 0.3) is 6.08 Å². The minimum atomic E-state index is -1.06. The van der Waals surface area contributed by atoms with E-state index in [0.29, 0.717) is 17.9 Å². The monoisotopic (exact) mass is 294 g/mol. The maximum Gasteiger partial charge on any atom is 0.328 e. The molecule has 0 fully saturated rings. The summed E-state index contributed by atoms with van der Waals surface area (Å²) >= 11 is 0. The predicted octanol–water partition coefficient (Wildman–Crippen LogP) is 4.66. The third-order valence-electron chi connectivity index (χ3n) is 3.08. The summed E-state index contributed by atoms with van der Waals surface area (Å²) in [4.78, 5) is 10.4. The van der Waals surface area contributed by atoms with Crippen LogP contribution in [-0.4, -0.2) is 17.7 Å². The Morgan fingerprint density at radius 1 is 1.19 bits per heavy atom. The third-order valence-corrected chi connectivity index (χ3v) is 3.08. The molecule has 0 bridgehead atoms. The van der Waals surface area contributed by atoms with Crippen molar-refractivity contribution in [3.8, 4) is 5.75 Å². The first-order valence-electron chi connectivity index (χ1n) is 7.46. The van der Waals surface area contributed by atoms with E-state index in [1.54, 1.807) is 6.07 Å². The van der Waals surface area contributed by atoms with E-state index >= 15 is 0 Å². The molecule has 0 atom stereocenters. The highest BCUT2D eigenvalue weighted by Crippen LogP contribution is 2.18. The molecule has 0 saturated carbocycles. The first kappa shape index (κ1) is 17.2. The number of unbranched alkanes of at least 4 members (excludes halogenated alkanes) is 5. The van der Waals surface area contributed by atoms with Crippen LogP contribution >= 0.6 is 0 Å². The molecule has 1 N–H and O–H groups in total. The number of carbonyl (C=O) groups is 1. The van der Waals surface area contributed by atoms with Gasteiger partial charge in [0.05, 0.1) is 6.61 Å². The first-order chi connectivity index (χ1) is 10.1. The van der Waals surface area contributed by atoms with Crippen molar-refractivity contribution >= 4 is 12.0 Å². The number of carboxylic acid groups (broad SMARTS) is 1. The van der Waals surface area contributed by atoms with Crippen molar-refractivity contribution in [2.75, 3.05) is 6.61 Å². The molecule has 0 saturated heterocycles. The lowest BCUT2D eigenvalue weighted by atomic mass is 10.1. The zero-order chi connectivity index (χ0) is 15.5. The zero-order valence-electron chi connectivity index (χ0n) is 12.5. The molecule has 116 valence electrons. The highest BCUT2D eigenvalue weighted by atomic mass is 19.1. The van der Waals surface area contributed by atoms with Gasteiger partial charge in [-0.1, -0.05) is 39.0 Å². The molecular weight excluding hydrogens is 271 g/mol. The van der Waals surface area contributed by atoms with Crippen LogP contribution in [0, 0.1) is 5.82 Å². The van der Waals surface area contributed by atoms with Gasteiger partial charge in [-0.15, -0.1) is 0 Å². The minimum Gasteiger partial charge on any atom is -0.493 e. The summed E-state index contributed by atoms with van der Waals surface area (Å²) in [5.74, 6) is -1.05. The van der Waals surface area contributed by atoms with E-state index in [4.69, 9.17) is 9.84 Å². The molecular formula is C17H23FO3. The second kappa shape index (κ2) is 9.97. The molecule has 1 aromatic rings. The van der Waals surface area contributed by atoms with Crippen LogP contribution in [0.5, 0.6) is 5.75 Å². The van der Waals surface area contributed by atoms with E-state index in [1.165, 1.54) is 43.9 Å². The predicted molar refractivity (Wildman–Crippen MR) is 81.9 cm³/mol. The largest absolute Gasteiger partial charge is 0.493 e. The van der Waals surface area contributed by atoms with Crippen LogP contribution < -0.4 is 4.74 Å². The van der Waals surface area contributed by atoms with Crippen LogP contribution in [-0.2, 0) is 4.79 Å². The Kier molecular flexibility index (Phi) is 8.17. The lowest BCUT2D eigenvalue weighted by molar-refractivity contribution is -0.131. The van der Waals surface area contributed by atoms with Gasteiger partial charge in [-0.05, 0) is 30.2 Å². The second-order valence-corrected chi connectivity index (χ2v) is 5.01. The lowest BCUT2D eigenvalue weighted by Crippen LogP contribution is -1.98. The fraction of sp³-hybridized carbons (Fsp3) is 0.471. The van der Waals surface area contributed by atoms with Gasteiger partial charge >= 0.3 is 5.97 Å². The van der Waals surface area contributed by atoms with Crippen LogP contribution in [0.1, 0.15) is 51.0 Å². The Hall–Kier alpha value is -1.84. The molecule has 0 unspecified atom stereocenters. The van der Waals surface area contributed by atoms with Crippen molar-refractivity contribution in [2.24, 2.45) is 0 Å². The molecule has 0 aliphatic carbocycles. The minimum absolute atomic E-state index is 0.430. The SMILES string of the molecule is CCCCCCCCOc1cc(F)cc(/C=C/C(=O)O)c1. The number of rotatable bonds is 10.